The first-order chi connectivity index (χ1) is 15.1. The van der Waals surface area contributed by atoms with E-state index in [1.54, 1.807) is 0 Å². The van der Waals surface area contributed by atoms with Crippen molar-refractivity contribution in [1.29, 1.82) is 0 Å². The van der Waals surface area contributed by atoms with E-state index in [0.717, 1.165) is 40.2 Å². The summed E-state index contributed by atoms with van der Waals surface area (Å²) in [6.07, 6.45) is 2.34. The van der Waals surface area contributed by atoms with E-state index < -0.39 is 0 Å². The summed E-state index contributed by atoms with van der Waals surface area (Å²) in [5.41, 5.74) is 6.42. The standard InChI is InChI=1S/C26H24N4O/c1-3-19-13-14-23(29-25-15-18(2)27-17-28-25)16-24(19)30-26(31)22-11-9-21(10-12-22)20-7-5-4-6-8-20/h4-17H,3H2,1-2H3,(H,30,31)(H,27,28,29). The van der Waals surface area contributed by atoms with Crippen molar-refractivity contribution in [1.82, 2.24) is 9.97 Å². The average Bonchev–Trinajstić information content (AvgIpc) is 2.80. The molecule has 0 atom stereocenters. The molecule has 31 heavy (non-hydrogen) atoms. The molecule has 0 aliphatic heterocycles. The number of carbonyl (C=O) groups excluding carboxylic acids is 1. The summed E-state index contributed by atoms with van der Waals surface area (Å²) in [6.45, 7) is 3.99. The van der Waals surface area contributed by atoms with Gasteiger partial charge in [-0.3, -0.25) is 4.79 Å². The summed E-state index contributed by atoms with van der Waals surface area (Å²) in [4.78, 5) is 21.2. The molecule has 1 aromatic heterocycles. The van der Waals surface area contributed by atoms with Crippen LogP contribution in [-0.4, -0.2) is 15.9 Å². The predicted octanol–water partition coefficient (Wildman–Crippen LogP) is 6.01. The minimum atomic E-state index is -0.135. The van der Waals surface area contributed by atoms with E-state index in [4.69, 9.17) is 0 Å². The molecule has 0 saturated heterocycles. The van der Waals surface area contributed by atoms with Crippen molar-refractivity contribution in [3.63, 3.8) is 0 Å². The van der Waals surface area contributed by atoms with Gasteiger partial charge in [0, 0.05) is 28.7 Å². The van der Waals surface area contributed by atoms with Crippen molar-refractivity contribution in [3.05, 3.63) is 102 Å². The molecule has 5 nitrogen and oxygen atoms in total. The van der Waals surface area contributed by atoms with Crippen LogP contribution in [0, 0.1) is 6.92 Å². The van der Waals surface area contributed by atoms with E-state index >= 15 is 0 Å². The molecule has 154 valence electrons. The molecule has 1 amide bonds. The third-order valence-corrected chi connectivity index (χ3v) is 5.07. The molecule has 0 bridgehead atoms. The molecule has 0 radical (unpaired) electrons. The summed E-state index contributed by atoms with van der Waals surface area (Å²) in [7, 11) is 0. The summed E-state index contributed by atoms with van der Waals surface area (Å²) >= 11 is 0. The third kappa shape index (κ3) is 4.95. The maximum Gasteiger partial charge on any atom is 0.255 e. The van der Waals surface area contributed by atoms with E-state index in [2.05, 4.69) is 39.7 Å². The van der Waals surface area contributed by atoms with Crippen LogP contribution >= 0.6 is 0 Å². The lowest BCUT2D eigenvalue weighted by Gasteiger charge is -2.13. The van der Waals surface area contributed by atoms with Crippen molar-refractivity contribution < 1.29 is 4.79 Å². The minimum Gasteiger partial charge on any atom is -0.340 e. The van der Waals surface area contributed by atoms with E-state index in [-0.39, 0.29) is 5.91 Å². The number of nitrogens with one attached hydrogen (secondary N) is 2. The van der Waals surface area contributed by atoms with Gasteiger partial charge in [-0.25, -0.2) is 9.97 Å². The summed E-state index contributed by atoms with van der Waals surface area (Å²) in [5, 5.41) is 6.34. The molecule has 1 heterocycles. The van der Waals surface area contributed by atoms with Crippen molar-refractivity contribution in [2.45, 2.75) is 20.3 Å². The zero-order valence-corrected chi connectivity index (χ0v) is 17.6. The quantitative estimate of drug-likeness (QED) is 0.410. The zero-order chi connectivity index (χ0) is 21.6. The van der Waals surface area contributed by atoms with Crippen molar-refractivity contribution in [2.75, 3.05) is 10.6 Å². The van der Waals surface area contributed by atoms with E-state index in [9.17, 15) is 4.79 Å². The Bertz CT molecular complexity index is 1190. The number of anilines is 3. The van der Waals surface area contributed by atoms with Gasteiger partial charge in [0.15, 0.2) is 0 Å². The molecule has 0 aliphatic rings. The van der Waals surface area contributed by atoms with Crippen molar-refractivity contribution in [2.24, 2.45) is 0 Å². The Morgan fingerprint density at radius 1 is 0.871 bits per heavy atom. The fraction of sp³-hybridized carbons (Fsp3) is 0.115. The van der Waals surface area contributed by atoms with Crippen LogP contribution < -0.4 is 10.6 Å². The van der Waals surface area contributed by atoms with Gasteiger partial charge in [-0.1, -0.05) is 55.5 Å². The van der Waals surface area contributed by atoms with Gasteiger partial charge in [-0.05, 0) is 54.3 Å². The normalized spacial score (nSPS) is 10.5. The minimum absolute atomic E-state index is 0.135. The van der Waals surface area contributed by atoms with E-state index in [1.165, 1.54) is 6.33 Å². The number of hydrogen-bond acceptors (Lipinski definition) is 4. The molecular weight excluding hydrogens is 384 g/mol. The Hall–Kier alpha value is -3.99. The lowest BCUT2D eigenvalue weighted by Crippen LogP contribution is -2.13. The topological polar surface area (TPSA) is 66.9 Å². The fourth-order valence-electron chi connectivity index (χ4n) is 3.39. The Morgan fingerprint density at radius 3 is 2.32 bits per heavy atom. The highest BCUT2D eigenvalue weighted by Gasteiger charge is 2.10. The van der Waals surface area contributed by atoms with Crippen LogP contribution in [0.25, 0.3) is 11.1 Å². The maximum absolute atomic E-state index is 12.9. The number of aryl methyl sites for hydroxylation is 2. The Kier molecular flexibility index (Phi) is 6.03. The molecular formula is C26H24N4O. The van der Waals surface area contributed by atoms with Gasteiger partial charge in [-0.15, -0.1) is 0 Å². The van der Waals surface area contributed by atoms with Gasteiger partial charge in [0.1, 0.15) is 12.1 Å². The van der Waals surface area contributed by atoms with Crippen LogP contribution in [0.5, 0.6) is 0 Å². The van der Waals surface area contributed by atoms with Crippen LogP contribution in [0.4, 0.5) is 17.2 Å². The number of nitrogens with zero attached hydrogens (tertiary/aromatic N) is 2. The van der Waals surface area contributed by atoms with Gasteiger partial charge >= 0.3 is 0 Å². The maximum atomic E-state index is 12.9. The zero-order valence-electron chi connectivity index (χ0n) is 17.6. The largest absolute Gasteiger partial charge is 0.340 e. The first-order valence-electron chi connectivity index (χ1n) is 10.3. The number of carbonyl (C=O) groups is 1. The van der Waals surface area contributed by atoms with Crippen LogP contribution in [0.1, 0.15) is 28.5 Å². The van der Waals surface area contributed by atoms with Crippen LogP contribution in [0.15, 0.2) is 85.2 Å². The number of rotatable bonds is 6. The Balaban J connectivity index is 1.53. The smallest absolute Gasteiger partial charge is 0.255 e. The molecule has 5 heteroatoms. The Labute approximate surface area is 182 Å². The SMILES string of the molecule is CCc1ccc(Nc2cc(C)ncn2)cc1NC(=O)c1ccc(-c2ccccc2)cc1. The van der Waals surface area contributed by atoms with E-state index in [0.29, 0.717) is 11.4 Å². The molecule has 0 spiro atoms. The van der Waals surface area contributed by atoms with Crippen LogP contribution in [0.3, 0.4) is 0 Å². The van der Waals surface area contributed by atoms with Gasteiger partial charge in [0.05, 0.1) is 0 Å². The average molecular weight is 409 g/mol. The highest BCUT2D eigenvalue weighted by atomic mass is 16.1. The van der Waals surface area contributed by atoms with Gasteiger partial charge in [0.2, 0.25) is 0 Å². The molecule has 0 unspecified atom stereocenters. The fourth-order valence-corrected chi connectivity index (χ4v) is 3.39. The second-order valence-electron chi connectivity index (χ2n) is 7.29. The summed E-state index contributed by atoms with van der Waals surface area (Å²) in [5.74, 6) is 0.579. The van der Waals surface area contributed by atoms with E-state index in [1.807, 2.05) is 73.7 Å². The molecule has 3 aromatic carbocycles. The van der Waals surface area contributed by atoms with Gasteiger partial charge in [0.25, 0.3) is 5.91 Å². The number of benzene rings is 3. The number of hydrogen-bond donors (Lipinski definition) is 2. The summed E-state index contributed by atoms with van der Waals surface area (Å²) < 4.78 is 0. The molecule has 0 fully saturated rings. The summed E-state index contributed by atoms with van der Waals surface area (Å²) in [6, 6.07) is 25.6. The Morgan fingerprint density at radius 2 is 1.61 bits per heavy atom. The first-order valence-corrected chi connectivity index (χ1v) is 10.3. The van der Waals surface area contributed by atoms with Gasteiger partial charge < -0.3 is 10.6 Å². The third-order valence-electron chi connectivity index (χ3n) is 5.07. The van der Waals surface area contributed by atoms with Crippen LogP contribution in [0.2, 0.25) is 0 Å². The first kappa shape index (κ1) is 20.3. The molecule has 4 aromatic rings. The molecule has 0 saturated carbocycles. The van der Waals surface area contributed by atoms with Gasteiger partial charge in [-0.2, -0.15) is 0 Å². The highest BCUT2D eigenvalue weighted by Crippen LogP contribution is 2.25. The number of amides is 1. The lowest BCUT2D eigenvalue weighted by molar-refractivity contribution is 0.102. The predicted molar refractivity (Wildman–Crippen MR) is 126 cm³/mol. The lowest BCUT2D eigenvalue weighted by atomic mass is 10.0. The molecule has 4 rings (SSSR count). The monoisotopic (exact) mass is 408 g/mol. The molecule has 2 N–H and O–H groups in total. The van der Waals surface area contributed by atoms with Crippen molar-refractivity contribution >= 4 is 23.1 Å². The molecule has 0 aliphatic carbocycles. The van der Waals surface area contributed by atoms with Crippen LogP contribution in [-0.2, 0) is 6.42 Å². The highest BCUT2D eigenvalue weighted by molar-refractivity contribution is 6.05. The second-order valence-corrected chi connectivity index (χ2v) is 7.29. The second kappa shape index (κ2) is 9.22. The van der Waals surface area contributed by atoms with Crippen molar-refractivity contribution in [3.8, 4) is 11.1 Å². The number of aromatic nitrogens is 2.